The third-order valence-electron chi connectivity index (χ3n) is 4.89. The first-order chi connectivity index (χ1) is 12.4. The molecule has 1 aliphatic rings. The van der Waals surface area contributed by atoms with Gasteiger partial charge < -0.3 is 5.32 Å². The molecule has 0 atom stereocenters. The van der Waals surface area contributed by atoms with Crippen LogP contribution in [0.1, 0.15) is 32.1 Å². The number of nitrogens with zero attached hydrogens (tertiary/aromatic N) is 4. The molecule has 1 N–H and O–H groups in total. The van der Waals surface area contributed by atoms with Crippen LogP contribution in [0.4, 0.5) is 5.82 Å². The normalized spacial score (nSPS) is 15.8. The standard InChI is InChI=1S/C19H19N5S/c1-2-4-14(5-3-1)22-18-6-7-19-21-11-15(24(19)23-18)16-10-13-8-9-20-12-17(13)25-16/h6-12,14H,1-5H2,(H,22,23). The van der Waals surface area contributed by atoms with Gasteiger partial charge in [0.05, 0.1) is 15.8 Å². The van der Waals surface area contributed by atoms with Crippen LogP contribution in [0.5, 0.6) is 0 Å². The number of thiophene rings is 1. The molecule has 0 saturated heterocycles. The van der Waals surface area contributed by atoms with E-state index in [1.54, 1.807) is 11.3 Å². The highest BCUT2D eigenvalue weighted by Gasteiger charge is 2.15. The minimum Gasteiger partial charge on any atom is -0.366 e. The van der Waals surface area contributed by atoms with Gasteiger partial charge in [-0.1, -0.05) is 19.3 Å². The van der Waals surface area contributed by atoms with Crippen molar-refractivity contribution in [1.29, 1.82) is 0 Å². The lowest BCUT2D eigenvalue weighted by atomic mass is 9.95. The number of imidazole rings is 1. The summed E-state index contributed by atoms with van der Waals surface area (Å²) in [6.45, 7) is 0. The zero-order valence-corrected chi connectivity index (χ0v) is 14.7. The maximum Gasteiger partial charge on any atom is 0.154 e. The lowest BCUT2D eigenvalue weighted by Gasteiger charge is -2.23. The molecule has 0 unspecified atom stereocenters. The molecule has 25 heavy (non-hydrogen) atoms. The Morgan fingerprint density at radius 1 is 1.08 bits per heavy atom. The van der Waals surface area contributed by atoms with E-state index >= 15 is 0 Å². The van der Waals surface area contributed by atoms with Gasteiger partial charge in [-0.2, -0.15) is 0 Å². The van der Waals surface area contributed by atoms with Crippen LogP contribution in [0.2, 0.25) is 0 Å². The Morgan fingerprint density at radius 2 is 2.00 bits per heavy atom. The van der Waals surface area contributed by atoms with Crippen LogP contribution in [0, 0.1) is 0 Å². The SMILES string of the molecule is c1cc2cc(-c3cnc4ccc(NC5CCCCC5)nn34)sc2cn1. The van der Waals surface area contributed by atoms with Crippen LogP contribution < -0.4 is 5.32 Å². The first kappa shape index (κ1) is 14.8. The van der Waals surface area contributed by atoms with E-state index in [4.69, 9.17) is 5.10 Å². The van der Waals surface area contributed by atoms with Gasteiger partial charge in [-0.05, 0) is 42.5 Å². The van der Waals surface area contributed by atoms with Gasteiger partial charge in [0, 0.05) is 18.4 Å². The lowest BCUT2D eigenvalue weighted by molar-refractivity contribution is 0.461. The summed E-state index contributed by atoms with van der Waals surface area (Å²) in [5, 5.41) is 9.62. The Balaban J connectivity index is 1.53. The van der Waals surface area contributed by atoms with Crippen molar-refractivity contribution in [1.82, 2.24) is 19.6 Å². The number of rotatable bonds is 3. The Bertz CT molecular complexity index is 996. The van der Waals surface area contributed by atoms with Gasteiger partial charge in [-0.15, -0.1) is 16.4 Å². The first-order valence-electron chi connectivity index (χ1n) is 8.82. The van der Waals surface area contributed by atoms with E-state index in [0.29, 0.717) is 6.04 Å². The molecule has 4 aromatic rings. The summed E-state index contributed by atoms with van der Waals surface area (Å²) >= 11 is 1.73. The first-order valence-corrected chi connectivity index (χ1v) is 9.64. The van der Waals surface area contributed by atoms with Crippen LogP contribution in [-0.2, 0) is 0 Å². The molecule has 6 heteroatoms. The third kappa shape index (κ3) is 2.76. The van der Waals surface area contributed by atoms with Crippen LogP contribution in [0.15, 0.2) is 42.9 Å². The minimum atomic E-state index is 0.543. The largest absolute Gasteiger partial charge is 0.366 e. The predicted molar refractivity (Wildman–Crippen MR) is 102 cm³/mol. The molecule has 0 spiro atoms. The highest BCUT2D eigenvalue weighted by atomic mass is 32.1. The van der Waals surface area contributed by atoms with Crippen molar-refractivity contribution in [3.63, 3.8) is 0 Å². The average Bonchev–Trinajstić information content (AvgIpc) is 3.25. The summed E-state index contributed by atoms with van der Waals surface area (Å²) in [5.74, 6) is 0.932. The van der Waals surface area contributed by atoms with E-state index < -0.39 is 0 Å². The van der Waals surface area contributed by atoms with E-state index in [-0.39, 0.29) is 0 Å². The van der Waals surface area contributed by atoms with Crippen molar-refractivity contribution >= 4 is 32.9 Å². The monoisotopic (exact) mass is 349 g/mol. The number of aromatic nitrogens is 4. The zero-order chi connectivity index (χ0) is 16.6. The van der Waals surface area contributed by atoms with E-state index in [0.717, 1.165) is 22.0 Å². The number of hydrogen-bond acceptors (Lipinski definition) is 5. The molecule has 1 fully saturated rings. The fourth-order valence-electron chi connectivity index (χ4n) is 3.59. The van der Waals surface area contributed by atoms with Gasteiger partial charge >= 0.3 is 0 Å². The quantitative estimate of drug-likeness (QED) is 0.580. The minimum absolute atomic E-state index is 0.543. The topological polar surface area (TPSA) is 55.1 Å². The smallest absolute Gasteiger partial charge is 0.154 e. The van der Waals surface area contributed by atoms with Crippen molar-refractivity contribution in [2.24, 2.45) is 0 Å². The summed E-state index contributed by atoms with van der Waals surface area (Å²) < 4.78 is 3.13. The van der Waals surface area contributed by atoms with Gasteiger partial charge in [-0.25, -0.2) is 9.50 Å². The second-order valence-corrected chi connectivity index (χ2v) is 7.72. The summed E-state index contributed by atoms with van der Waals surface area (Å²) in [7, 11) is 0. The van der Waals surface area contributed by atoms with Crippen LogP contribution in [0.3, 0.4) is 0 Å². The maximum atomic E-state index is 4.81. The molecule has 4 aromatic heterocycles. The van der Waals surface area contributed by atoms with Crippen LogP contribution in [-0.4, -0.2) is 25.6 Å². The molecular weight excluding hydrogens is 330 g/mol. The van der Waals surface area contributed by atoms with Crippen molar-refractivity contribution in [3.05, 3.63) is 42.9 Å². The van der Waals surface area contributed by atoms with Crippen molar-refractivity contribution in [2.75, 3.05) is 5.32 Å². The fourth-order valence-corrected chi connectivity index (χ4v) is 4.61. The molecule has 0 amide bonds. The Hall–Kier alpha value is -2.47. The van der Waals surface area contributed by atoms with Crippen LogP contribution in [0.25, 0.3) is 26.3 Å². The Morgan fingerprint density at radius 3 is 2.88 bits per heavy atom. The Labute approximate surface area is 149 Å². The fraction of sp³-hybridized carbons (Fsp3) is 0.316. The molecule has 5 rings (SSSR count). The molecule has 0 radical (unpaired) electrons. The molecule has 4 heterocycles. The predicted octanol–water partition coefficient (Wildman–Crippen LogP) is 4.75. The molecule has 5 nitrogen and oxygen atoms in total. The summed E-state index contributed by atoms with van der Waals surface area (Å²) in [6, 6.07) is 8.85. The molecule has 0 bridgehead atoms. The average molecular weight is 349 g/mol. The summed E-state index contributed by atoms with van der Waals surface area (Å²) in [5.41, 5.74) is 1.91. The van der Waals surface area contributed by atoms with Gasteiger partial charge in [0.2, 0.25) is 0 Å². The molecule has 1 saturated carbocycles. The Kier molecular flexibility index (Phi) is 3.63. The number of fused-ring (bicyclic) bond motifs is 2. The number of pyridine rings is 1. The molecular formula is C19H19N5S. The van der Waals surface area contributed by atoms with E-state index in [1.165, 1.54) is 42.2 Å². The highest BCUT2D eigenvalue weighted by Crippen LogP contribution is 2.33. The second-order valence-electron chi connectivity index (χ2n) is 6.64. The van der Waals surface area contributed by atoms with Crippen molar-refractivity contribution in [2.45, 2.75) is 38.1 Å². The molecule has 0 aliphatic heterocycles. The third-order valence-corrected chi connectivity index (χ3v) is 6.00. The van der Waals surface area contributed by atoms with Crippen LogP contribution >= 0.6 is 11.3 Å². The zero-order valence-electron chi connectivity index (χ0n) is 13.9. The lowest BCUT2D eigenvalue weighted by Crippen LogP contribution is -2.23. The van der Waals surface area contributed by atoms with Crippen molar-refractivity contribution < 1.29 is 0 Å². The molecule has 1 aliphatic carbocycles. The number of anilines is 1. The maximum absolute atomic E-state index is 4.81. The summed E-state index contributed by atoms with van der Waals surface area (Å²) in [4.78, 5) is 9.89. The van der Waals surface area contributed by atoms with Gasteiger partial charge in [-0.3, -0.25) is 4.98 Å². The molecule has 126 valence electrons. The second kappa shape index (κ2) is 6.11. The van der Waals surface area contributed by atoms with E-state index in [2.05, 4.69) is 21.4 Å². The number of nitrogens with one attached hydrogen (secondary N) is 1. The van der Waals surface area contributed by atoms with E-state index in [9.17, 15) is 0 Å². The molecule has 0 aromatic carbocycles. The highest BCUT2D eigenvalue weighted by molar-refractivity contribution is 7.22. The number of hydrogen-bond donors (Lipinski definition) is 1. The van der Waals surface area contributed by atoms with Crippen molar-refractivity contribution in [3.8, 4) is 10.6 Å². The van der Waals surface area contributed by atoms with Gasteiger partial charge in [0.25, 0.3) is 0 Å². The van der Waals surface area contributed by atoms with Gasteiger partial charge in [0.1, 0.15) is 11.5 Å². The van der Waals surface area contributed by atoms with E-state index in [1.807, 2.05) is 41.3 Å². The van der Waals surface area contributed by atoms with Gasteiger partial charge in [0.15, 0.2) is 5.65 Å². The summed E-state index contributed by atoms with van der Waals surface area (Å²) in [6.07, 6.45) is 12.1.